The summed E-state index contributed by atoms with van der Waals surface area (Å²) in [5.41, 5.74) is -1.44. The van der Waals surface area contributed by atoms with Crippen LogP contribution >= 0.6 is 0 Å². The summed E-state index contributed by atoms with van der Waals surface area (Å²) in [4.78, 5) is 25.2. The van der Waals surface area contributed by atoms with Crippen molar-refractivity contribution >= 4 is 17.5 Å². The summed E-state index contributed by atoms with van der Waals surface area (Å²) in [5, 5.41) is 11.5. The molecule has 0 saturated carbocycles. The van der Waals surface area contributed by atoms with Gasteiger partial charge in [-0.1, -0.05) is 48.5 Å². The maximum atomic E-state index is 12.6. The number of carbonyl (C=O) groups is 2. The van der Waals surface area contributed by atoms with Crippen molar-refractivity contribution in [3.8, 4) is 5.75 Å². The molecule has 0 amide bonds. The summed E-state index contributed by atoms with van der Waals surface area (Å²) in [6, 6.07) is 15.2. The fourth-order valence-corrected chi connectivity index (χ4v) is 3.02. The van der Waals surface area contributed by atoms with Crippen LogP contribution in [0.4, 0.5) is 0 Å². The van der Waals surface area contributed by atoms with E-state index in [2.05, 4.69) is 0 Å². The van der Waals surface area contributed by atoms with Crippen molar-refractivity contribution in [1.29, 1.82) is 0 Å². The Bertz CT molecular complexity index is 871. The van der Waals surface area contributed by atoms with Crippen LogP contribution in [0, 0.1) is 0 Å². The molecule has 0 aliphatic carbocycles. The molecule has 1 heterocycles. The van der Waals surface area contributed by atoms with Gasteiger partial charge in [-0.15, -0.1) is 0 Å². The highest BCUT2D eigenvalue weighted by Gasteiger charge is 2.46. The van der Waals surface area contributed by atoms with E-state index in [1.54, 1.807) is 54.6 Å². The standard InChI is InChI=1S/C20H18O6/c1-24-18(21)16-14-10-6-7-11-15(14)26-12-20(23,17(16)19(22)25-2)13-8-4-3-5-9-13/h3-11,23H,12H2,1-2H3. The van der Waals surface area contributed by atoms with Gasteiger partial charge in [-0.2, -0.15) is 0 Å². The van der Waals surface area contributed by atoms with E-state index in [0.29, 0.717) is 16.9 Å². The van der Waals surface area contributed by atoms with E-state index < -0.39 is 17.5 Å². The van der Waals surface area contributed by atoms with Gasteiger partial charge in [0.05, 0.1) is 25.4 Å². The van der Waals surface area contributed by atoms with Crippen LogP contribution in [0.1, 0.15) is 11.1 Å². The monoisotopic (exact) mass is 354 g/mol. The number of aliphatic hydroxyl groups is 1. The van der Waals surface area contributed by atoms with Gasteiger partial charge in [-0.25, -0.2) is 9.59 Å². The molecule has 1 atom stereocenters. The Morgan fingerprint density at radius 1 is 0.962 bits per heavy atom. The Morgan fingerprint density at radius 3 is 2.23 bits per heavy atom. The number of hydrogen-bond acceptors (Lipinski definition) is 6. The lowest BCUT2D eigenvalue weighted by atomic mass is 9.82. The van der Waals surface area contributed by atoms with E-state index in [0.717, 1.165) is 0 Å². The van der Waals surface area contributed by atoms with Gasteiger partial charge in [-0.05, 0) is 11.6 Å². The maximum absolute atomic E-state index is 12.6. The van der Waals surface area contributed by atoms with Crippen LogP contribution in [-0.4, -0.2) is 37.9 Å². The third-order valence-corrected chi connectivity index (χ3v) is 4.29. The van der Waals surface area contributed by atoms with Crippen LogP contribution in [0.15, 0.2) is 60.2 Å². The molecular formula is C20H18O6. The number of benzene rings is 2. The molecule has 2 aromatic rings. The zero-order valence-electron chi connectivity index (χ0n) is 14.4. The quantitative estimate of drug-likeness (QED) is 0.850. The lowest BCUT2D eigenvalue weighted by Gasteiger charge is -2.29. The molecule has 0 aromatic heterocycles. The van der Waals surface area contributed by atoms with Crippen LogP contribution < -0.4 is 4.74 Å². The molecule has 2 aromatic carbocycles. The van der Waals surface area contributed by atoms with Gasteiger partial charge in [0.2, 0.25) is 0 Å². The number of para-hydroxylation sites is 1. The Balaban J connectivity index is 2.38. The van der Waals surface area contributed by atoms with E-state index in [1.165, 1.54) is 14.2 Å². The fraction of sp³-hybridized carbons (Fsp3) is 0.200. The molecule has 0 radical (unpaired) electrons. The van der Waals surface area contributed by atoms with Crippen LogP contribution in [-0.2, 0) is 24.7 Å². The van der Waals surface area contributed by atoms with Crippen molar-refractivity contribution in [3.05, 3.63) is 71.3 Å². The van der Waals surface area contributed by atoms with Gasteiger partial charge in [0.1, 0.15) is 12.4 Å². The summed E-state index contributed by atoms with van der Waals surface area (Å²) in [5.74, 6) is -1.24. The predicted molar refractivity (Wildman–Crippen MR) is 93.2 cm³/mol. The zero-order valence-corrected chi connectivity index (χ0v) is 14.4. The van der Waals surface area contributed by atoms with E-state index in [4.69, 9.17) is 14.2 Å². The Hall–Kier alpha value is -3.12. The third-order valence-electron chi connectivity index (χ3n) is 4.29. The molecule has 1 unspecified atom stereocenters. The minimum absolute atomic E-state index is 0.0844. The third kappa shape index (κ3) is 2.84. The van der Waals surface area contributed by atoms with Crippen molar-refractivity contribution in [1.82, 2.24) is 0 Å². The average Bonchev–Trinajstić information content (AvgIpc) is 2.83. The summed E-state index contributed by atoms with van der Waals surface area (Å²) in [6.45, 7) is -0.265. The van der Waals surface area contributed by atoms with Crippen LogP contribution in [0.3, 0.4) is 0 Å². The lowest BCUT2D eigenvalue weighted by Crippen LogP contribution is -2.39. The fourth-order valence-electron chi connectivity index (χ4n) is 3.02. The minimum Gasteiger partial charge on any atom is -0.489 e. The normalized spacial score (nSPS) is 19.0. The first-order valence-electron chi connectivity index (χ1n) is 7.94. The first-order valence-corrected chi connectivity index (χ1v) is 7.94. The smallest absolute Gasteiger partial charge is 0.339 e. The van der Waals surface area contributed by atoms with Gasteiger partial charge >= 0.3 is 11.9 Å². The molecule has 1 N–H and O–H groups in total. The predicted octanol–water partition coefficient (Wildman–Crippen LogP) is 2.07. The molecule has 6 nitrogen and oxygen atoms in total. The number of carbonyl (C=O) groups excluding carboxylic acids is 2. The number of rotatable bonds is 3. The van der Waals surface area contributed by atoms with E-state index in [9.17, 15) is 14.7 Å². The average molecular weight is 354 g/mol. The second-order valence-corrected chi connectivity index (χ2v) is 5.74. The number of methoxy groups -OCH3 is 2. The summed E-state index contributed by atoms with van der Waals surface area (Å²) in [7, 11) is 2.40. The van der Waals surface area contributed by atoms with Crippen molar-refractivity contribution in [2.45, 2.75) is 5.60 Å². The van der Waals surface area contributed by atoms with E-state index >= 15 is 0 Å². The largest absolute Gasteiger partial charge is 0.489 e. The molecule has 0 fully saturated rings. The highest BCUT2D eigenvalue weighted by Crippen LogP contribution is 2.42. The minimum atomic E-state index is -1.89. The Kier molecular flexibility index (Phi) is 4.77. The molecule has 1 aliphatic rings. The molecule has 1 aliphatic heterocycles. The molecule has 6 heteroatoms. The van der Waals surface area contributed by atoms with Gasteiger partial charge in [0, 0.05) is 5.56 Å². The summed E-state index contributed by atoms with van der Waals surface area (Å²) < 4.78 is 15.5. The summed E-state index contributed by atoms with van der Waals surface area (Å²) >= 11 is 0. The SMILES string of the molecule is COC(=O)C1=C(C(=O)OC)C(O)(c2ccccc2)COc2ccccc21. The highest BCUT2D eigenvalue weighted by molar-refractivity contribution is 6.24. The van der Waals surface area contributed by atoms with Gasteiger partial charge in [0.15, 0.2) is 5.60 Å². The topological polar surface area (TPSA) is 82.1 Å². The second kappa shape index (κ2) is 7.01. The molecule has 134 valence electrons. The first-order chi connectivity index (χ1) is 12.5. The Morgan fingerprint density at radius 2 is 1.58 bits per heavy atom. The van der Waals surface area contributed by atoms with E-state index in [-0.39, 0.29) is 17.8 Å². The summed E-state index contributed by atoms with van der Waals surface area (Å²) in [6.07, 6.45) is 0. The molecular weight excluding hydrogens is 336 g/mol. The molecule has 0 saturated heterocycles. The van der Waals surface area contributed by atoms with Crippen molar-refractivity contribution < 1.29 is 28.9 Å². The molecule has 0 spiro atoms. The van der Waals surface area contributed by atoms with Gasteiger partial charge < -0.3 is 19.3 Å². The van der Waals surface area contributed by atoms with Crippen molar-refractivity contribution in [3.63, 3.8) is 0 Å². The Labute approximate surface area is 150 Å². The van der Waals surface area contributed by atoms with Gasteiger partial charge in [-0.3, -0.25) is 0 Å². The number of hydrogen-bond donors (Lipinski definition) is 1. The lowest BCUT2D eigenvalue weighted by molar-refractivity contribution is -0.140. The van der Waals surface area contributed by atoms with Gasteiger partial charge in [0.25, 0.3) is 0 Å². The first kappa shape index (κ1) is 17.7. The number of esters is 2. The molecule has 26 heavy (non-hydrogen) atoms. The molecule has 3 rings (SSSR count). The second-order valence-electron chi connectivity index (χ2n) is 5.74. The number of fused-ring (bicyclic) bond motifs is 1. The highest BCUT2D eigenvalue weighted by atomic mass is 16.5. The maximum Gasteiger partial charge on any atom is 0.339 e. The van der Waals surface area contributed by atoms with Crippen LogP contribution in [0.25, 0.3) is 5.57 Å². The van der Waals surface area contributed by atoms with Crippen LogP contribution in [0.2, 0.25) is 0 Å². The zero-order chi connectivity index (χ0) is 18.7. The number of ether oxygens (including phenoxy) is 3. The van der Waals surface area contributed by atoms with Crippen LogP contribution in [0.5, 0.6) is 5.75 Å². The van der Waals surface area contributed by atoms with Crippen molar-refractivity contribution in [2.24, 2.45) is 0 Å². The van der Waals surface area contributed by atoms with Crippen molar-refractivity contribution in [2.75, 3.05) is 20.8 Å². The molecule has 0 bridgehead atoms. The van der Waals surface area contributed by atoms with E-state index in [1.807, 2.05) is 0 Å².